The molecule has 0 aromatic heterocycles. The molecule has 170 valence electrons. The minimum Gasteiger partial charge on any atom is -0.479 e. The standard InChI is InChI=1S/C27H38O3S/c1-4-6-8-9-11-21-31-26-18-14-24(15-19-26)23-12-16-25(17-13-23)30-22(3)27(28)29-20-10-7-5-2/h12-19,22H,4-11,20-21H2,1-3H3/t22-/m1/s1. The second-order valence-corrected chi connectivity index (χ2v) is 9.11. The van der Waals surface area contributed by atoms with Crippen LogP contribution in [0.2, 0.25) is 0 Å². The normalized spacial score (nSPS) is 11.8. The van der Waals surface area contributed by atoms with Crippen LogP contribution in [0.3, 0.4) is 0 Å². The highest BCUT2D eigenvalue weighted by atomic mass is 32.2. The molecule has 0 saturated heterocycles. The van der Waals surface area contributed by atoms with Gasteiger partial charge in [-0.1, -0.05) is 76.6 Å². The zero-order valence-electron chi connectivity index (χ0n) is 19.4. The summed E-state index contributed by atoms with van der Waals surface area (Å²) in [4.78, 5) is 13.3. The summed E-state index contributed by atoms with van der Waals surface area (Å²) in [6, 6.07) is 16.6. The summed E-state index contributed by atoms with van der Waals surface area (Å²) < 4.78 is 11.0. The average molecular weight is 443 g/mol. The minimum atomic E-state index is -0.606. The fraction of sp³-hybridized carbons (Fsp3) is 0.519. The molecule has 0 amide bonds. The molecule has 31 heavy (non-hydrogen) atoms. The highest BCUT2D eigenvalue weighted by Crippen LogP contribution is 2.27. The molecule has 1 atom stereocenters. The number of esters is 1. The molecule has 2 rings (SSSR count). The van der Waals surface area contributed by atoms with Crippen LogP contribution in [0.5, 0.6) is 5.75 Å². The number of unbranched alkanes of at least 4 members (excludes halogenated alkanes) is 6. The van der Waals surface area contributed by atoms with Gasteiger partial charge in [0.25, 0.3) is 0 Å². The van der Waals surface area contributed by atoms with Crippen molar-refractivity contribution < 1.29 is 14.3 Å². The molecule has 0 saturated carbocycles. The number of hydrogen-bond acceptors (Lipinski definition) is 4. The molecule has 0 aliphatic carbocycles. The van der Waals surface area contributed by atoms with Crippen molar-refractivity contribution in [3.63, 3.8) is 0 Å². The third-order valence-electron chi connectivity index (χ3n) is 5.20. The van der Waals surface area contributed by atoms with Crippen molar-refractivity contribution in [2.75, 3.05) is 12.4 Å². The Hall–Kier alpha value is -1.94. The van der Waals surface area contributed by atoms with E-state index in [1.165, 1.54) is 48.3 Å². The van der Waals surface area contributed by atoms with E-state index in [9.17, 15) is 4.79 Å². The average Bonchev–Trinajstić information content (AvgIpc) is 2.80. The number of rotatable bonds is 15. The van der Waals surface area contributed by atoms with Gasteiger partial charge in [0, 0.05) is 4.90 Å². The Morgan fingerprint density at radius 3 is 2.03 bits per heavy atom. The summed E-state index contributed by atoms with van der Waals surface area (Å²) in [5, 5.41) is 0. The molecule has 2 aromatic carbocycles. The van der Waals surface area contributed by atoms with Crippen molar-refractivity contribution in [3.05, 3.63) is 48.5 Å². The fourth-order valence-electron chi connectivity index (χ4n) is 3.26. The maximum absolute atomic E-state index is 12.0. The van der Waals surface area contributed by atoms with Gasteiger partial charge in [-0.3, -0.25) is 0 Å². The number of hydrogen-bond donors (Lipinski definition) is 0. The van der Waals surface area contributed by atoms with Crippen LogP contribution < -0.4 is 4.74 Å². The van der Waals surface area contributed by atoms with Crippen molar-refractivity contribution in [2.24, 2.45) is 0 Å². The van der Waals surface area contributed by atoms with E-state index in [-0.39, 0.29) is 5.97 Å². The molecule has 0 radical (unpaired) electrons. The lowest BCUT2D eigenvalue weighted by atomic mass is 10.1. The molecule has 0 bridgehead atoms. The predicted molar refractivity (Wildman–Crippen MR) is 132 cm³/mol. The van der Waals surface area contributed by atoms with Crippen LogP contribution in [-0.2, 0) is 9.53 Å². The van der Waals surface area contributed by atoms with Crippen molar-refractivity contribution in [2.45, 2.75) is 83.1 Å². The molecule has 0 N–H and O–H groups in total. The van der Waals surface area contributed by atoms with Gasteiger partial charge in [0.2, 0.25) is 0 Å². The van der Waals surface area contributed by atoms with Crippen LogP contribution in [0.25, 0.3) is 11.1 Å². The van der Waals surface area contributed by atoms with Gasteiger partial charge in [-0.2, -0.15) is 0 Å². The predicted octanol–water partition coefficient (Wildman–Crippen LogP) is 7.92. The van der Waals surface area contributed by atoms with E-state index in [0.717, 1.165) is 24.8 Å². The van der Waals surface area contributed by atoms with Crippen LogP contribution in [0, 0.1) is 0 Å². The quantitative estimate of drug-likeness (QED) is 0.159. The molecule has 2 aromatic rings. The number of thioether (sulfide) groups is 1. The van der Waals surface area contributed by atoms with Crippen molar-refractivity contribution in [3.8, 4) is 16.9 Å². The monoisotopic (exact) mass is 442 g/mol. The van der Waals surface area contributed by atoms with Gasteiger partial charge in [0.1, 0.15) is 5.75 Å². The van der Waals surface area contributed by atoms with E-state index in [1.807, 2.05) is 36.0 Å². The maximum Gasteiger partial charge on any atom is 0.347 e. The summed E-state index contributed by atoms with van der Waals surface area (Å²) in [5.41, 5.74) is 2.32. The second-order valence-electron chi connectivity index (χ2n) is 7.95. The largest absolute Gasteiger partial charge is 0.479 e. The Balaban J connectivity index is 1.78. The molecule has 0 unspecified atom stereocenters. The molecular weight excluding hydrogens is 404 g/mol. The molecule has 0 spiro atoms. The molecular formula is C27H38O3S. The zero-order valence-corrected chi connectivity index (χ0v) is 20.2. The summed E-state index contributed by atoms with van der Waals surface area (Å²) in [5.74, 6) is 1.56. The SMILES string of the molecule is CCCCCCCSc1ccc(-c2ccc(O[C@H](C)C(=O)OCCCCC)cc2)cc1. The molecule has 4 heteroatoms. The van der Waals surface area contributed by atoms with Gasteiger partial charge >= 0.3 is 5.97 Å². The van der Waals surface area contributed by atoms with E-state index in [1.54, 1.807) is 6.92 Å². The summed E-state index contributed by atoms with van der Waals surface area (Å²) in [6.07, 6.45) is 9.11. The summed E-state index contributed by atoms with van der Waals surface area (Å²) in [6.45, 7) is 6.58. The zero-order chi connectivity index (χ0) is 22.3. The first kappa shape index (κ1) is 25.3. The minimum absolute atomic E-state index is 0.307. The first-order valence-corrected chi connectivity index (χ1v) is 12.8. The summed E-state index contributed by atoms with van der Waals surface area (Å²) in [7, 11) is 0. The van der Waals surface area contributed by atoms with Gasteiger partial charge < -0.3 is 9.47 Å². The Kier molecular flexibility index (Phi) is 12.2. The smallest absolute Gasteiger partial charge is 0.347 e. The van der Waals surface area contributed by atoms with Gasteiger partial charge in [-0.05, 0) is 60.9 Å². The van der Waals surface area contributed by atoms with E-state index in [0.29, 0.717) is 12.4 Å². The van der Waals surface area contributed by atoms with E-state index in [2.05, 4.69) is 38.1 Å². The van der Waals surface area contributed by atoms with Gasteiger partial charge in [0.05, 0.1) is 6.61 Å². The topological polar surface area (TPSA) is 35.5 Å². The van der Waals surface area contributed by atoms with Crippen molar-refractivity contribution in [1.29, 1.82) is 0 Å². The van der Waals surface area contributed by atoms with Gasteiger partial charge in [-0.15, -0.1) is 11.8 Å². The number of benzene rings is 2. The Morgan fingerprint density at radius 2 is 1.39 bits per heavy atom. The van der Waals surface area contributed by atoms with E-state index in [4.69, 9.17) is 9.47 Å². The Labute approximate surface area is 192 Å². The van der Waals surface area contributed by atoms with Crippen molar-refractivity contribution in [1.82, 2.24) is 0 Å². The fourth-order valence-corrected chi connectivity index (χ4v) is 4.17. The number of carbonyl (C=O) groups is 1. The maximum atomic E-state index is 12.0. The van der Waals surface area contributed by atoms with Crippen LogP contribution in [0.1, 0.15) is 72.1 Å². The van der Waals surface area contributed by atoms with E-state index < -0.39 is 6.10 Å². The third-order valence-corrected chi connectivity index (χ3v) is 6.29. The first-order valence-electron chi connectivity index (χ1n) is 11.8. The van der Waals surface area contributed by atoms with Gasteiger partial charge in [-0.25, -0.2) is 4.79 Å². The number of carbonyl (C=O) groups excluding carboxylic acids is 1. The lowest BCUT2D eigenvalue weighted by Gasteiger charge is -2.14. The van der Waals surface area contributed by atoms with Crippen LogP contribution in [0.15, 0.2) is 53.4 Å². The molecule has 0 aliphatic heterocycles. The molecule has 0 aliphatic rings. The highest BCUT2D eigenvalue weighted by molar-refractivity contribution is 7.99. The van der Waals surface area contributed by atoms with Crippen LogP contribution in [0.4, 0.5) is 0 Å². The number of ether oxygens (including phenoxy) is 2. The van der Waals surface area contributed by atoms with Crippen LogP contribution >= 0.6 is 11.8 Å². The Morgan fingerprint density at radius 1 is 0.806 bits per heavy atom. The van der Waals surface area contributed by atoms with Gasteiger partial charge in [0.15, 0.2) is 6.10 Å². The first-order chi connectivity index (χ1) is 15.1. The molecule has 0 heterocycles. The molecule has 0 fully saturated rings. The van der Waals surface area contributed by atoms with Crippen molar-refractivity contribution >= 4 is 17.7 Å². The van der Waals surface area contributed by atoms with Crippen LogP contribution in [-0.4, -0.2) is 24.4 Å². The summed E-state index contributed by atoms with van der Waals surface area (Å²) >= 11 is 1.94. The lowest BCUT2D eigenvalue weighted by Crippen LogP contribution is -2.26. The highest BCUT2D eigenvalue weighted by Gasteiger charge is 2.16. The lowest BCUT2D eigenvalue weighted by molar-refractivity contribution is -0.151. The molecule has 3 nitrogen and oxygen atoms in total. The van der Waals surface area contributed by atoms with E-state index >= 15 is 0 Å². The third kappa shape index (κ3) is 9.82. The second kappa shape index (κ2) is 15.0. The Bertz CT molecular complexity index is 740.